The SMILES string of the molecule is CCSCc1ccc(Nc2nnc(C(C)(C)C)c(=O)[nH]2)cc1. The highest BCUT2D eigenvalue weighted by Crippen LogP contribution is 2.18. The molecule has 0 spiro atoms. The summed E-state index contributed by atoms with van der Waals surface area (Å²) in [6, 6.07) is 8.09. The predicted octanol–water partition coefficient (Wildman–Crippen LogP) is 3.46. The van der Waals surface area contributed by atoms with E-state index in [1.165, 1.54) is 5.56 Å². The summed E-state index contributed by atoms with van der Waals surface area (Å²) < 4.78 is 0. The fourth-order valence-electron chi connectivity index (χ4n) is 1.92. The summed E-state index contributed by atoms with van der Waals surface area (Å²) in [4.78, 5) is 14.8. The first-order chi connectivity index (χ1) is 10.4. The van der Waals surface area contributed by atoms with Crippen LogP contribution in [0.25, 0.3) is 0 Å². The minimum absolute atomic E-state index is 0.207. The second-order valence-electron chi connectivity index (χ2n) is 6.06. The lowest BCUT2D eigenvalue weighted by Gasteiger charge is -2.15. The van der Waals surface area contributed by atoms with Gasteiger partial charge in [-0.15, -0.1) is 10.2 Å². The first kappa shape index (κ1) is 16.5. The summed E-state index contributed by atoms with van der Waals surface area (Å²) in [5.41, 5.74) is 2.06. The van der Waals surface area contributed by atoms with Crippen LogP contribution in [0.5, 0.6) is 0 Å². The molecule has 0 bridgehead atoms. The number of nitrogens with one attached hydrogen (secondary N) is 2. The van der Waals surface area contributed by atoms with E-state index < -0.39 is 0 Å². The topological polar surface area (TPSA) is 70.7 Å². The Balaban J connectivity index is 2.11. The summed E-state index contributed by atoms with van der Waals surface area (Å²) >= 11 is 1.89. The van der Waals surface area contributed by atoms with Crippen LogP contribution in [0.2, 0.25) is 0 Å². The maximum atomic E-state index is 12.0. The van der Waals surface area contributed by atoms with Gasteiger partial charge in [0.1, 0.15) is 5.69 Å². The summed E-state index contributed by atoms with van der Waals surface area (Å²) in [5.74, 6) is 2.47. The number of aromatic amines is 1. The van der Waals surface area contributed by atoms with Crippen molar-refractivity contribution in [2.45, 2.75) is 38.9 Å². The Hall–Kier alpha value is -1.82. The van der Waals surface area contributed by atoms with Gasteiger partial charge in [0.15, 0.2) is 0 Å². The van der Waals surface area contributed by atoms with Crippen LogP contribution < -0.4 is 10.9 Å². The molecule has 0 amide bonds. The average molecular weight is 318 g/mol. The van der Waals surface area contributed by atoms with Gasteiger partial charge in [-0.05, 0) is 23.4 Å². The van der Waals surface area contributed by atoms with Crippen LogP contribution in [0.15, 0.2) is 29.1 Å². The van der Waals surface area contributed by atoms with Crippen LogP contribution in [-0.4, -0.2) is 20.9 Å². The number of H-pyrrole nitrogens is 1. The molecule has 0 radical (unpaired) electrons. The van der Waals surface area contributed by atoms with Crippen LogP contribution in [-0.2, 0) is 11.2 Å². The standard InChI is InChI=1S/C16H22N4OS/c1-5-22-10-11-6-8-12(9-7-11)17-15-18-14(21)13(19-20-15)16(2,3)4/h6-9H,5,10H2,1-4H3,(H2,17,18,20,21). The Morgan fingerprint density at radius 3 is 2.41 bits per heavy atom. The Morgan fingerprint density at radius 2 is 1.86 bits per heavy atom. The Morgan fingerprint density at radius 1 is 1.18 bits per heavy atom. The highest BCUT2D eigenvalue weighted by Gasteiger charge is 2.20. The minimum atomic E-state index is -0.322. The molecular formula is C16H22N4OS. The van der Waals surface area contributed by atoms with Crippen molar-refractivity contribution in [3.05, 3.63) is 45.9 Å². The van der Waals surface area contributed by atoms with Gasteiger partial charge in [-0.25, -0.2) is 0 Å². The zero-order valence-corrected chi connectivity index (χ0v) is 14.3. The smallest absolute Gasteiger partial charge is 0.274 e. The fraction of sp³-hybridized carbons (Fsp3) is 0.438. The molecule has 2 N–H and O–H groups in total. The molecule has 0 aliphatic rings. The van der Waals surface area contributed by atoms with Crippen molar-refractivity contribution in [1.29, 1.82) is 0 Å². The largest absolute Gasteiger partial charge is 0.324 e. The molecule has 0 aliphatic carbocycles. The first-order valence-corrected chi connectivity index (χ1v) is 8.47. The van der Waals surface area contributed by atoms with Crippen molar-refractivity contribution in [3.8, 4) is 0 Å². The van der Waals surface area contributed by atoms with Crippen LogP contribution in [0.1, 0.15) is 39.0 Å². The van der Waals surface area contributed by atoms with E-state index in [1.807, 2.05) is 44.7 Å². The van der Waals surface area contributed by atoms with Gasteiger partial charge in [0.25, 0.3) is 5.56 Å². The molecule has 0 aliphatic heterocycles. The number of rotatable bonds is 5. The molecule has 0 unspecified atom stereocenters. The van der Waals surface area contributed by atoms with E-state index >= 15 is 0 Å². The van der Waals surface area contributed by atoms with Crippen LogP contribution >= 0.6 is 11.8 Å². The summed E-state index contributed by atoms with van der Waals surface area (Å²) in [7, 11) is 0. The Labute approximate surface area is 135 Å². The van der Waals surface area contributed by atoms with Gasteiger partial charge in [0.05, 0.1) is 0 Å². The fourth-order valence-corrected chi connectivity index (χ4v) is 2.56. The van der Waals surface area contributed by atoms with Crippen molar-refractivity contribution in [1.82, 2.24) is 15.2 Å². The quantitative estimate of drug-likeness (QED) is 0.883. The molecule has 2 aromatic rings. The second kappa shape index (κ2) is 6.96. The zero-order chi connectivity index (χ0) is 16.2. The van der Waals surface area contributed by atoms with E-state index in [2.05, 4.69) is 39.6 Å². The lowest BCUT2D eigenvalue weighted by atomic mass is 9.93. The number of benzene rings is 1. The molecule has 6 heteroatoms. The summed E-state index contributed by atoms with van der Waals surface area (Å²) in [6.45, 7) is 7.96. The van der Waals surface area contributed by atoms with Gasteiger partial charge in [-0.1, -0.05) is 39.8 Å². The number of anilines is 2. The first-order valence-electron chi connectivity index (χ1n) is 7.31. The number of thioether (sulfide) groups is 1. The van der Waals surface area contributed by atoms with Crippen molar-refractivity contribution in [2.24, 2.45) is 0 Å². The van der Waals surface area contributed by atoms with Gasteiger partial charge < -0.3 is 5.32 Å². The maximum Gasteiger partial charge on any atom is 0.274 e. The van der Waals surface area contributed by atoms with Crippen LogP contribution in [0.4, 0.5) is 11.6 Å². The van der Waals surface area contributed by atoms with Gasteiger partial charge in [0, 0.05) is 16.9 Å². The monoisotopic (exact) mass is 318 g/mol. The van der Waals surface area contributed by atoms with Gasteiger partial charge >= 0.3 is 0 Å². The Kier molecular flexibility index (Phi) is 5.24. The normalized spacial score (nSPS) is 11.5. The van der Waals surface area contributed by atoms with Crippen LogP contribution in [0, 0.1) is 0 Å². The Bertz CT molecular complexity index is 674. The van der Waals surface area contributed by atoms with Crippen LogP contribution in [0.3, 0.4) is 0 Å². The molecule has 1 aromatic carbocycles. The highest BCUT2D eigenvalue weighted by atomic mass is 32.2. The summed E-state index contributed by atoms with van der Waals surface area (Å²) in [5, 5.41) is 11.2. The van der Waals surface area contributed by atoms with E-state index in [4.69, 9.17) is 0 Å². The van der Waals surface area contributed by atoms with Crippen molar-refractivity contribution < 1.29 is 0 Å². The lowest BCUT2D eigenvalue weighted by molar-refractivity contribution is 0.547. The van der Waals surface area contributed by atoms with Gasteiger partial charge in [-0.2, -0.15) is 11.8 Å². The number of hydrogen-bond donors (Lipinski definition) is 2. The third kappa shape index (κ3) is 4.34. The molecule has 118 valence electrons. The molecule has 0 saturated heterocycles. The van der Waals surface area contributed by atoms with Gasteiger partial charge in [0.2, 0.25) is 5.95 Å². The highest BCUT2D eigenvalue weighted by molar-refractivity contribution is 7.98. The third-order valence-electron chi connectivity index (χ3n) is 3.10. The number of nitrogens with zero attached hydrogens (tertiary/aromatic N) is 2. The molecule has 1 heterocycles. The lowest BCUT2D eigenvalue weighted by Crippen LogP contribution is -2.28. The molecule has 0 saturated carbocycles. The van der Waals surface area contributed by atoms with Crippen molar-refractivity contribution in [3.63, 3.8) is 0 Å². The molecular weight excluding hydrogens is 296 g/mol. The minimum Gasteiger partial charge on any atom is -0.324 e. The molecule has 2 rings (SSSR count). The molecule has 22 heavy (non-hydrogen) atoms. The second-order valence-corrected chi connectivity index (χ2v) is 7.33. The summed E-state index contributed by atoms with van der Waals surface area (Å²) in [6.07, 6.45) is 0. The molecule has 0 fully saturated rings. The molecule has 5 nitrogen and oxygen atoms in total. The van der Waals surface area contributed by atoms with Crippen molar-refractivity contribution in [2.75, 3.05) is 11.1 Å². The number of aromatic nitrogens is 3. The number of hydrogen-bond acceptors (Lipinski definition) is 5. The average Bonchev–Trinajstić information content (AvgIpc) is 2.45. The third-order valence-corrected chi connectivity index (χ3v) is 4.04. The van der Waals surface area contributed by atoms with E-state index in [-0.39, 0.29) is 11.0 Å². The van der Waals surface area contributed by atoms with E-state index in [0.29, 0.717) is 11.6 Å². The zero-order valence-electron chi connectivity index (χ0n) is 13.4. The predicted molar refractivity (Wildman–Crippen MR) is 92.9 cm³/mol. The van der Waals surface area contributed by atoms with Crippen molar-refractivity contribution >= 4 is 23.4 Å². The molecule has 0 atom stereocenters. The van der Waals surface area contributed by atoms with E-state index in [0.717, 1.165) is 17.2 Å². The van der Waals surface area contributed by atoms with E-state index in [1.54, 1.807) is 0 Å². The maximum absolute atomic E-state index is 12.0. The van der Waals surface area contributed by atoms with E-state index in [9.17, 15) is 4.79 Å². The van der Waals surface area contributed by atoms with Gasteiger partial charge in [-0.3, -0.25) is 9.78 Å². The molecule has 1 aromatic heterocycles.